The molecule has 31 heavy (non-hydrogen) atoms. The summed E-state index contributed by atoms with van der Waals surface area (Å²) in [4.78, 5) is 23.2. The normalized spacial score (nSPS) is 11.0. The van der Waals surface area contributed by atoms with Crippen molar-refractivity contribution >= 4 is 28.0 Å². The van der Waals surface area contributed by atoms with E-state index in [1.165, 1.54) is 43.5 Å². The van der Waals surface area contributed by atoms with Gasteiger partial charge in [-0.05, 0) is 54.4 Å². The van der Waals surface area contributed by atoms with E-state index in [9.17, 15) is 23.1 Å². The third-order valence-electron chi connectivity index (χ3n) is 4.76. The van der Waals surface area contributed by atoms with E-state index < -0.39 is 16.0 Å². The molecule has 0 aliphatic heterocycles. The number of carbonyl (C=O) groups excluding carboxylic acids is 1. The SMILES string of the molecule is COc1ccc(S(=O)(=O)N(Cc2ccccc2)c2c(C)cc(C=O)cc2C(=O)O)cc1. The van der Waals surface area contributed by atoms with Gasteiger partial charge in [0.1, 0.15) is 12.0 Å². The maximum absolute atomic E-state index is 13.6. The van der Waals surface area contributed by atoms with Crippen molar-refractivity contribution in [1.82, 2.24) is 0 Å². The number of rotatable bonds is 8. The number of aryl methyl sites for hydroxylation is 1. The zero-order valence-electron chi connectivity index (χ0n) is 17.0. The van der Waals surface area contributed by atoms with Gasteiger partial charge in [-0.2, -0.15) is 0 Å². The highest BCUT2D eigenvalue weighted by Gasteiger charge is 2.30. The molecule has 0 radical (unpaired) electrons. The summed E-state index contributed by atoms with van der Waals surface area (Å²) in [7, 11) is -2.67. The lowest BCUT2D eigenvalue weighted by Crippen LogP contribution is -2.32. The number of aldehydes is 1. The lowest BCUT2D eigenvalue weighted by atomic mass is 10.0. The zero-order valence-corrected chi connectivity index (χ0v) is 17.8. The third-order valence-corrected chi connectivity index (χ3v) is 6.51. The number of sulfonamides is 1. The van der Waals surface area contributed by atoms with Gasteiger partial charge in [0.15, 0.2) is 0 Å². The van der Waals surface area contributed by atoms with E-state index in [0.29, 0.717) is 23.2 Å². The summed E-state index contributed by atoms with van der Waals surface area (Å²) >= 11 is 0. The van der Waals surface area contributed by atoms with Gasteiger partial charge in [0.05, 0.1) is 29.8 Å². The Hall–Kier alpha value is -3.65. The Balaban J connectivity index is 2.24. The van der Waals surface area contributed by atoms with Crippen LogP contribution < -0.4 is 9.04 Å². The molecule has 3 aromatic rings. The highest BCUT2D eigenvalue weighted by Crippen LogP contribution is 2.33. The highest BCUT2D eigenvalue weighted by molar-refractivity contribution is 7.92. The molecule has 7 nitrogen and oxygen atoms in total. The number of anilines is 1. The second-order valence-electron chi connectivity index (χ2n) is 6.83. The topological polar surface area (TPSA) is 101 Å². The zero-order chi connectivity index (χ0) is 22.6. The molecular weight excluding hydrogens is 418 g/mol. The van der Waals surface area contributed by atoms with Gasteiger partial charge in [0.25, 0.3) is 10.0 Å². The predicted octanol–water partition coefficient (Wildman–Crippen LogP) is 3.91. The Morgan fingerprint density at radius 1 is 1.06 bits per heavy atom. The van der Waals surface area contributed by atoms with E-state index in [-0.39, 0.29) is 28.3 Å². The molecule has 0 spiro atoms. The molecule has 0 saturated carbocycles. The molecule has 8 heteroatoms. The summed E-state index contributed by atoms with van der Waals surface area (Å²) < 4.78 is 33.4. The monoisotopic (exact) mass is 439 g/mol. The molecule has 3 aromatic carbocycles. The molecule has 160 valence electrons. The average molecular weight is 439 g/mol. The summed E-state index contributed by atoms with van der Waals surface area (Å²) in [5.74, 6) is -0.837. The minimum atomic E-state index is -4.15. The fourth-order valence-corrected chi connectivity index (χ4v) is 4.81. The Morgan fingerprint density at radius 2 is 1.71 bits per heavy atom. The van der Waals surface area contributed by atoms with Crippen LogP contribution in [0.5, 0.6) is 5.75 Å². The van der Waals surface area contributed by atoms with E-state index in [2.05, 4.69) is 0 Å². The number of carboxylic acid groups (broad SMARTS) is 1. The largest absolute Gasteiger partial charge is 0.497 e. The molecule has 0 aromatic heterocycles. The van der Waals surface area contributed by atoms with Crippen LogP contribution in [0.15, 0.2) is 71.6 Å². The molecule has 3 rings (SSSR count). The molecule has 0 heterocycles. The van der Waals surface area contributed by atoms with Crippen molar-refractivity contribution < 1.29 is 27.9 Å². The smallest absolute Gasteiger partial charge is 0.337 e. The van der Waals surface area contributed by atoms with Gasteiger partial charge < -0.3 is 9.84 Å². The number of aromatic carboxylic acids is 1. The molecule has 0 atom stereocenters. The standard InChI is InChI=1S/C23H21NO6S/c1-16-12-18(15-25)13-21(23(26)27)22(16)24(14-17-6-4-3-5-7-17)31(28,29)20-10-8-19(30-2)9-11-20/h3-13,15H,14H2,1-2H3,(H,26,27). The van der Waals surface area contributed by atoms with E-state index in [4.69, 9.17) is 4.74 Å². The first-order valence-electron chi connectivity index (χ1n) is 9.31. The van der Waals surface area contributed by atoms with Crippen LogP contribution in [0.1, 0.15) is 31.8 Å². The van der Waals surface area contributed by atoms with Crippen molar-refractivity contribution in [1.29, 1.82) is 0 Å². The number of nitrogens with zero attached hydrogens (tertiary/aromatic N) is 1. The molecule has 0 amide bonds. The molecule has 0 saturated heterocycles. The van der Waals surface area contributed by atoms with Crippen LogP contribution in [0.2, 0.25) is 0 Å². The fraction of sp³-hybridized carbons (Fsp3) is 0.130. The first-order valence-corrected chi connectivity index (χ1v) is 10.8. The first kappa shape index (κ1) is 22.0. The molecule has 0 unspecified atom stereocenters. The third kappa shape index (κ3) is 4.59. The van der Waals surface area contributed by atoms with Crippen LogP contribution in [0.25, 0.3) is 0 Å². The van der Waals surface area contributed by atoms with Crippen LogP contribution in [-0.2, 0) is 16.6 Å². The van der Waals surface area contributed by atoms with Gasteiger partial charge in [0, 0.05) is 5.56 Å². The van der Waals surface area contributed by atoms with Gasteiger partial charge in [-0.15, -0.1) is 0 Å². The van der Waals surface area contributed by atoms with E-state index in [1.54, 1.807) is 37.3 Å². The minimum absolute atomic E-state index is 0.0118. The molecule has 0 aliphatic carbocycles. The van der Waals surface area contributed by atoms with Crippen molar-refractivity contribution in [2.24, 2.45) is 0 Å². The average Bonchev–Trinajstić information content (AvgIpc) is 2.77. The Morgan fingerprint density at radius 3 is 2.26 bits per heavy atom. The van der Waals surface area contributed by atoms with Gasteiger partial charge in [-0.3, -0.25) is 9.10 Å². The molecular formula is C23H21NO6S. The predicted molar refractivity (Wildman–Crippen MR) is 116 cm³/mol. The lowest BCUT2D eigenvalue weighted by molar-refractivity contribution is 0.0697. The number of benzene rings is 3. The van der Waals surface area contributed by atoms with Crippen molar-refractivity contribution in [3.8, 4) is 5.75 Å². The Labute approximate surface area is 180 Å². The van der Waals surface area contributed by atoms with E-state index in [0.717, 1.165) is 4.31 Å². The van der Waals surface area contributed by atoms with E-state index in [1.807, 2.05) is 0 Å². The summed E-state index contributed by atoms with van der Waals surface area (Å²) in [6.07, 6.45) is 0.530. The molecule has 0 fully saturated rings. The molecule has 1 N–H and O–H groups in total. The van der Waals surface area contributed by atoms with Crippen LogP contribution >= 0.6 is 0 Å². The van der Waals surface area contributed by atoms with E-state index >= 15 is 0 Å². The number of ether oxygens (including phenoxy) is 1. The van der Waals surface area contributed by atoms with Crippen LogP contribution in [-0.4, -0.2) is 32.9 Å². The number of hydrogen-bond acceptors (Lipinski definition) is 5. The number of hydrogen-bond donors (Lipinski definition) is 1. The van der Waals surface area contributed by atoms with Crippen LogP contribution in [0, 0.1) is 6.92 Å². The summed E-state index contributed by atoms with van der Waals surface area (Å²) in [6.45, 7) is 1.49. The quantitative estimate of drug-likeness (QED) is 0.534. The second kappa shape index (κ2) is 9.01. The number of carbonyl (C=O) groups is 2. The van der Waals surface area contributed by atoms with Crippen molar-refractivity contribution in [3.05, 3.63) is 89.0 Å². The minimum Gasteiger partial charge on any atom is -0.497 e. The maximum atomic E-state index is 13.6. The van der Waals surface area contributed by atoms with Gasteiger partial charge in [-0.25, -0.2) is 13.2 Å². The van der Waals surface area contributed by atoms with Gasteiger partial charge >= 0.3 is 5.97 Å². The summed E-state index contributed by atoms with van der Waals surface area (Å²) in [5.41, 5.74) is 0.929. The van der Waals surface area contributed by atoms with Crippen LogP contribution in [0.3, 0.4) is 0 Å². The summed E-state index contributed by atoms with van der Waals surface area (Å²) in [5, 5.41) is 9.78. The van der Waals surface area contributed by atoms with Crippen molar-refractivity contribution in [2.45, 2.75) is 18.4 Å². The Bertz CT molecular complexity index is 1200. The van der Waals surface area contributed by atoms with Gasteiger partial charge in [-0.1, -0.05) is 30.3 Å². The fourth-order valence-electron chi connectivity index (χ4n) is 3.28. The number of carboxylic acids is 1. The van der Waals surface area contributed by atoms with Gasteiger partial charge in [0.2, 0.25) is 0 Å². The van der Waals surface area contributed by atoms with Crippen molar-refractivity contribution in [2.75, 3.05) is 11.4 Å². The first-order chi connectivity index (χ1) is 14.8. The maximum Gasteiger partial charge on any atom is 0.337 e. The summed E-state index contributed by atoms with van der Waals surface area (Å²) in [6, 6.07) is 17.4. The molecule has 0 aliphatic rings. The Kier molecular flexibility index (Phi) is 6.41. The molecule has 0 bridgehead atoms. The van der Waals surface area contributed by atoms with Crippen LogP contribution in [0.4, 0.5) is 5.69 Å². The lowest BCUT2D eigenvalue weighted by Gasteiger charge is -2.28. The number of methoxy groups -OCH3 is 1. The second-order valence-corrected chi connectivity index (χ2v) is 8.69. The van der Waals surface area contributed by atoms with Crippen molar-refractivity contribution in [3.63, 3.8) is 0 Å². The highest BCUT2D eigenvalue weighted by atomic mass is 32.2.